The Bertz CT molecular complexity index is 584. The molecule has 6 heteroatoms. The molecule has 3 nitrogen and oxygen atoms in total. The Hall–Kier alpha value is -1.23. The normalized spacial score (nSPS) is 10.3. The molecule has 0 bridgehead atoms. The maximum absolute atomic E-state index is 7.33. The first-order valence-corrected chi connectivity index (χ1v) is 6.57. The van der Waals surface area contributed by atoms with Crippen LogP contribution in [-0.2, 0) is 0 Å². The third kappa shape index (κ3) is 3.16. The van der Waals surface area contributed by atoms with Gasteiger partial charge in [-0.3, -0.25) is 5.41 Å². The van der Waals surface area contributed by atoms with Gasteiger partial charge in [-0.1, -0.05) is 41.0 Å². The molecule has 1 heterocycles. The van der Waals surface area contributed by atoms with Gasteiger partial charge in [0.05, 0.1) is 10.0 Å². The summed E-state index contributed by atoms with van der Waals surface area (Å²) >= 11 is 13.3. The van der Waals surface area contributed by atoms with Gasteiger partial charge in [-0.2, -0.15) is 0 Å². The van der Waals surface area contributed by atoms with Crippen LogP contribution in [0.3, 0.4) is 0 Å². The van der Waals surface area contributed by atoms with E-state index < -0.39 is 0 Å². The number of hydrogen-bond acceptors (Lipinski definition) is 3. The average molecular weight is 298 g/mol. The molecule has 0 fully saturated rings. The van der Waals surface area contributed by atoms with Crippen molar-refractivity contribution in [3.8, 4) is 0 Å². The van der Waals surface area contributed by atoms with Crippen LogP contribution in [0.5, 0.6) is 0 Å². The lowest BCUT2D eigenvalue weighted by Gasteiger charge is -2.05. The molecule has 0 amide bonds. The number of rotatable bonds is 3. The summed E-state index contributed by atoms with van der Waals surface area (Å²) in [7, 11) is 0. The van der Waals surface area contributed by atoms with Gasteiger partial charge < -0.3 is 5.73 Å². The van der Waals surface area contributed by atoms with Gasteiger partial charge in [0, 0.05) is 16.7 Å². The number of nitrogens with zero attached hydrogens (tertiary/aromatic N) is 1. The van der Waals surface area contributed by atoms with E-state index in [4.69, 9.17) is 34.3 Å². The Balaban J connectivity index is 2.24. The molecule has 0 atom stereocenters. The first-order chi connectivity index (χ1) is 8.56. The fourth-order valence-electron chi connectivity index (χ4n) is 1.29. The van der Waals surface area contributed by atoms with Gasteiger partial charge in [-0.05, 0) is 24.3 Å². The van der Waals surface area contributed by atoms with E-state index in [1.165, 1.54) is 11.8 Å². The highest BCUT2D eigenvalue weighted by molar-refractivity contribution is 7.99. The van der Waals surface area contributed by atoms with Crippen molar-refractivity contribution in [1.29, 1.82) is 5.41 Å². The van der Waals surface area contributed by atoms with E-state index in [1.54, 1.807) is 24.4 Å². The Kier molecular flexibility index (Phi) is 4.11. The molecule has 0 aliphatic carbocycles. The minimum absolute atomic E-state index is 0.00179. The smallest absolute Gasteiger partial charge is 0.122 e. The molecule has 3 N–H and O–H groups in total. The maximum atomic E-state index is 7.33. The molecule has 2 aromatic rings. The minimum Gasteiger partial charge on any atom is -0.384 e. The largest absolute Gasteiger partial charge is 0.384 e. The Morgan fingerprint density at radius 2 is 2.00 bits per heavy atom. The molecule has 92 valence electrons. The van der Waals surface area contributed by atoms with E-state index in [2.05, 4.69) is 4.98 Å². The van der Waals surface area contributed by atoms with Crippen LogP contribution in [0.4, 0.5) is 0 Å². The van der Waals surface area contributed by atoms with Gasteiger partial charge in [-0.15, -0.1) is 0 Å². The van der Waals surface area contributed by atoms with Crippen molar-refractivity contribution in [3.63, 3.8) is 0 Å². The second-order valence-electron chi connectivity index (χ2n) is 3.48. The topological polar surface area (TPSA) is 62.8 Å². The number of halogens is 2. The Morgan fingerprint density at radius 1 is 1.22 bits per heavy atom. The van der Waals surface area contributed by atoms with Gasteiger partial charge in [0.25, 0.3) is 0 Å². The van der Waals surface area contributed by atoms with Crippen LogP contribution in [0, 0.1) is 5.41 Å². The quantitative estimate of drug-likeness (QED) is 0.668. The molecule has 2 rings (SSSR count). The lowest BCUT2D eigenvalue weighted by Crippen LogP contribution is -2.10. The molecule has 0 saturated heterocycles. The molecule has 18 heavy (non-hydrogen) atoms. The first-order valence-electron chi connectivity index (χ1n) is 4.99. The maximum Gasteiger partial charge on any atom is 0.122 e. The Morgan fingerprint density at radius 3 is 2.56 bits per heavy atom. The summed E-state index contributed by atoms with van der Waals surface area (Å²) in [5, 5.41) is 9.28. The number of pyridine rings is 1. The van der Waals surface area contributed by atoms with Gasteiger partial charge in [-0.25, -0.2) is 4.98 Å². The summed E-state index contributed by atoms with van der Waals surface area (Å²) in [5.41, 5.74) is 6.00. The van der Waals surface area contributed by atoms with Gasteiger partial charge in [0.15, 0.2) is 0 Å². The third-order valence-corrected chi connectivity index (χ3v) is 3.83. The fraction of sp³-hybridized carbons (Fsp3) is 0. The summed E-state index contributed by atoms with van der Waals surface area (Å²) in [4.78, 5) is 5.04. The summed E-state index contributed by atoms with van der Waals surface area (Å²) < 4.78 is 0. The van der Waals surface area contributed by atoms with E-state index in [-0.39, 0.29) is 5.84 Å². The van der Waals surface area contributed by atoms with Crippen LogP contribution < -0.4 is 5.73 Å². The molecule has 0 spiro atoms. The zero-order chi connectivity index (χ0) is 13.1. The Labute approximate surface area is 119 Å². The monoisotopic (exact) mass is 297 g/mol. The van der Waals surface area contributed by atoms with Crippen LogP contribution in [0.25, 0.3) is 0 Å². The molecule has 0 aliphatic heterocycles. The lowest BCUT2D eigenvalue weighted by atomic mass is 10.2. The van der Waals surface area contributed by atoms with Crippen molar-refractivity contribution in [3.05, 3.63) is 52.1 Å². The van der Waals surface area contributed by atoms with E-state index in [0.717, 1.165) is 9.92 Å². The van der Waals surface area contributed by atoms with Crippen LogP contribution in [0.15, 0.2) is 46.5 Å². The molecular formula is C12H9Cl2N3S. The van der Waals surface area contributed by atoms with Crippen LogP contribution in [0.2, 0.25) is 10.0 Å². The van der Waals surface area contributed by atoms with Gasteiger partial charge in [0.2, 0.25) is 0 Å². The van der Waals surface area contributed by atoms with E-state index >= 15 is 0 Å². The first kappa shape index (κ1) is 13.2. The molecule has 0 radical (unpaired) electrons. The van der Waals surface area contributed by atoms with Crippen molar-refractivity contribution < 1.29 is 0 Å². The summed E-state index contributed by atoms with van der Waals surface area (Å²) in [6, 6.07) is 8.84. The molecule has 0 saturated carbocycles. The lowest BCUT2D eigenvalue weighted by molar-refractivity contribution is 1.13. The van der Waals surface area contributed by atoms with Crippen molar-refractivity contribution in [2.45, 2.75) is 9.92 Å². The number of nitrogens with one attached hydrogen (secondary N) is 1. The number of amidine groups is 1. The summed E-state index contributed by atoms with van der Waals surface area (Å²) in [5.74, 6) is -0.00179. The third-order valence-electron chi connectivity index (χ3n) is 2.16. The molecule has 1 aromatic carbocycles. The number of nitrogen functional groups attached to an aromatic ring is 1. The second kappa shape index (κ2) is 5.61. The highest BCUT2D eigenvalue weighted by atomic mass is 35.5. The zero-order valence-corrected chi connectivity index (χ0v) is 11.5. The molecule has 1 aromatic heterocycles. The summed E-state index contributed by atoms with van der Waals surface area (Å²) in [6.07, 6.45) is 1.59. The highest BCUT2D eigenvalue weighted by Crippen LogP contribution is 2.32. The second-order valence-corrected chi connectivity index (χ2v) is 5.38. The number of benzene rings is 1. The van der Waals surface area contributed by atoms with Gasteiger partial charge in [0.1, 0.15) is 10.9 Å². The van der Waals surface area contributed by atoms with E-state index in [1.807, 2.05) is 12.1 Å². The molecule has 0 aliphatic rings. The van der Waals surface area contributed by atoms with E-state index in [9.17, 15) is 0 Å². The predicted molar refractivity (Wildman–Crippen MR) is 75.8 cm³/mol. The standard InChI is InChI=1S/C12H9Cl2N3S/c13-8-2-4-11(17-6-8)18-10-3-1-7(12(15)16)5-9(10)14/h1-6H,(H3,15,16). The SMILES string of the molecule is N=C(N)c1ccc(Sc2ccc(Cl)cn2)c(Cl)c1. The fourth-order valence-corrected chi connectivity index (χ4v) is 2.45. The van der Waals surface area contributed by atoms with Gasteiger partial charge >= 0.3 is 0 Å². The van der Waals surface area contributed by atoms with Crippen molar-refractivity contribution in [2.75, 3.05) is 0 Å². The minimum atomic E-state index is -0.00179. The van der Waals surface area contributed by atoms with Crippen LogP contribution in [-0.4, -0.2) is 10.8 Å². The number of nitrogens with two attached hydrogens (primary N) is 1. The zero-order valence-electron chi connectivity index (χ0n) is 9.15. The van der Waals surface area contributed by atoms with Crippen molar-refractivity contribution >= 4 is 40.8 Å². The average Bonchev–Trinajstić information content (AvgIpc) is 2.34. The highest BCUT2D eigenvalue weighted by Gasteiger charge is 2.06. The van der Waals surface area contributed by atoms with Crippen LogP contribution >= 0.6 is 35.0 Å². The van der Waals surface area contributed by atoms with Crippen molar-refractivity contribution in [2.24, 2.45) is 5.73 Å². The van der Waals surface area contributed by atoms with Crippen LogP contribution in [0.1, 0.15) is 5.56 Å². The molecular weight excluding hydrogens is 289 g/mol. The number of hydrogen-bond donors (Lipinski definition) is 2. The van der Waals surface area contributed by atoms with Crippen molar-refractivity contribution in [1.82, 2.24) is 4.98 Å². The molecule has 0 unspecified atom stereocenters. The number of aromatic nitrogens is 1. The van der Waals surface area contributed by atoms with E-state index in [0.29, 0.717) is 15.6 Å². The predicted octanol–water partition coefficient (Wildman–Crippen LogP) is 3.82. The summed E-state index contributed by atoms with van der Waals surface area (Å²) in [6.45, 7) is 0.